The molecule has 0 radical (unpaired) electrons. The number of hydrogen-bond donors (Lipinski definition) is 0. The summed E-state index contributed by atoms with van der Waals surface area (Å²) in [6.45, 7) is 0. The maximum absolute atomic E-state index is 2.55. The van der Waals surface area contributed by atoms with Crippen molar-refractivity contribution >= 4 is 76.5 Å². The minimum absolute atomic E-state index is 1.32. The van der Waals surface area contributed by atoms with E-state index >= 15 is 0 Å². The molecular weight excluding hydrogens is 415 g/mol. The molecule has 116 valence electrons. The van der Waals surface area contributed by atoms with Crippen LogP contribution in [0.1, 0.15) is 0 Å². The third kappa shape index (κ3) is 1.72. The molecule has 0 N–H and O–H groups in total. The van der Waals surface area contributed by atoms with Crippen molar-refractivity contribution in [1.29, 1.82) is 0 Å². The number of rotatable bonds is 0. The highest BCUT2D eigenvalue weighted by molar-refractivity contribution is 14.1. The van der Waals surface area contributed by atoms with Crippen molar-refractivity contribution in [3.8, 4) is 0 Å². The van der Waals surface area contributed by atoms with Crippen molar-refractivity contribution in [2.24, 2.45) is 0 Å². The topological polar surface area (TPSA) is 0 Å². The fraction of sp³-hybridized carbons (Fsp3) is 0. The second-order valence-corrected chi connectivity index (χ2v) is 7.79. The van der Waals surface area contributed by atoms with E-state index in [0.29, 0.717) is 0 Å². The minimum atomic E-state index is 1.32. The van der Waals surface area contributed by atoms with Gasteiger partial charge in [-0.2, -0.15) is 0 Å². The first-order valence-corrected chi connectivity index (χ1v) is 9.57. The smallest absolute Gasteiger partial charge is 0.0294 e. The summed E-state index contributed by atoms with van der Waals surface area (Å²) in [4.78, 5) is 0. The van der Waals surface area contributed by atoms with Crippen LogP contribution < -0.4 is 0 Å². The fourth-order valence-electron chi connectivity index (χ4n) is 4.40. The van der Waals surface area contributed by atoms with Gasteiger partial charge >= 0.3 is 0 Å². The van der Waals surface area contributed by atoms with E-state index in [1.807, 2.05) is 0 Å². The maximum Gasteiger partial charge on any atom is 0.0294 e. The predicted molar refractivity (Wildman–Crippen MR) is 118 cm³/mol. The van der Waals surface area contributed by atoms with Gasteiger partial charge in [-0.25, -0.2) is 0 Å². The van der Waals surface area contributed by atoms with Gasteiger partial charge in [-0.1, -0.05) is 72.8 Å². The van der Waals surface area contributed by atoms with Crippen LogP contribution in [-0.2, 0) is 0 Å². The van der Waals surface area contributed by atoms with Crippen LogP contribution >= 0.6 is 22.6 Å². The summed E-state index contributed by atoms with van der Waals surface area (Å²) < 4.78 is 1.36. The Morgan fingerprint density at radius 3 is 1.76 bits per heavy atom. The van der Waals surface area contributed by atoms with Crippen LogP contribution in [0.4, 0.5) is 0 Å². The molecule has 0 aliphatic rings. The van der Waals surface area contributed by atoms with E-state index < -0.39 is 0 Å². The molecule has 0 saturated carbocycles. The van der Waals surface area contributed by atoms with E-state index in [4.69, 9.17) is 0 Å². The van der Waals surface area contributed by atoms with Crippen molar-refractivity contribution in [1.82, 2.24) is 0 Å². The van der Waals surface area contributed by atoms with Crippen molar-refractivity contribution in [3.05, 3.63) is 82.4 Å². The zero-order valence-electron chi connectivity index (χ0n) is 13.4. The van der Waals surface area contributed by atoms with E-state index in [2.05, 4.69) is 101 Å². The molecule has 0 bridgehead atoms. The first-order valence-electron chi connectivity index (χ1n) is 8.49. The third-order valence-electron chi connectivity index (χ3n) is 5.43. The second kappa shape index (κ2) is 4.83. The highest BCUT2D eigenvalue weighted by Gasteiger charge is 2.15. The van der Waals surface area contributed by atoms with Gasteiger partial charge in [-0.05, 0) is 77.1 Å². The Morgan fingerprint density at radius 2 is 1.00 bits per heavy atom. The summed E-state index contributed by atoms with van der Waals surface area (Å²) in [5.41, 5.74) is 0. The van der Waals surface area contributed by atoms with Crippen molar-refractivity contribution in [2.75, 3.05) is 0 Å². The quantitative estimate of drug-likeness (QED) is 0.134. The lowest BCUT2D eigenvalue weighted by molar-refractivity contribution is 1.77. The molecule has 0 unspecified atom stereocenters. The summed E-state index contributed by atoms with van der Waals surface area (Å²) in [5, 5.41) is 13.6. The molecule has 6 aromatic carbocycles. The van der Waals surface area contributed by atoms with E-state index in [1.165, 1.54) is 57.4 Å². The summed E-state index contributed by atoms with van der Waals surface area (Å²) >= 11 is 2.55. The number of halogens is 1. The summed E-state index contributed by atoms with van der Waals surface area (Å²) in [6, 6.07) is 29.0. The molecule has 0 aromatic heterocycles. The Morgan fingerprint density at radius 1 is 0.440 bits per heavy atom. The minimum Gasteiger partial charge on any atom is -0.0610 e. The lowest BCUT2D eigenvalue weighted by Crippen LogP contribution is -1.90. The molecule has 25 heavy (non-hydrogen) atoms. The zero-order valence-corrected chi connectivity index (χ0v) is 15.5. The Bertz CT molecular complexity index is 1430. The Labute approximate surface area is 158 Å². The standard InChI is InChI=1S/C24H13I/c25-24-19-12-4-8-15-7-2-10-17(22(15)19)20-13-16-9-1-5-14-6-3-11-18(21(14)16)23(20)24/h1-13H. The van der Waals surface area contributed by atoms with Gasteiger partial charge < -0.3 is 0 Å². The molecule has 0 spiro atoms. The predicted octanol–water partition coefficient (Wildman–Crippen LogP) is 7.50. The summed E-state index contributed by atoms with van der Waals surface area (Å²) in [6.07, 6.45) is 0. The van der Waals surface area contributed by atoms with Gasteiger partial charge in [-0.3, -0.25) is 0 Å². The molecule has 1 heteroatoms. The monoisotopic (exact) mass is 428 g/mol. The zero-order chi connectivity index (χ0) is 16.5. The van der Waals surface area contributed by atoms with Crippen LogP contribution in [0.5, 0.6) is 0 Å². The van der Waals surface area contributed by atoms with Crippen LogP contribution in [0.3, 0.4) is 0 Å². The van der Waals surface area contributed by atoms with Gasteiger partial charge in [0.15, 0.2) is 0 Å². The first-order chi connectivity index (χ1) is 12.3. The molecule has 6 rings (SSSR count). The second-order valence-electron chi connectivity index (χ2n) is 6.71. The fourth-order valence-corrected chi connectivity index (χ4v) is 5.43. The largest absolute Gasteiger partial charge is 0.0610 e. The van der Waals surface area contributed by atoms with E-state index in [0.717, 1.165) is 0 Å². The van der Waals surface area contributed by atoms with Crippen molar-refractivity contribution in [3.63, 3.8) is 0 Å². The number of hydrogen-bond acceptors (Lipinski definition) is 0. The molecule has 6 aromatic rings. The van der Waals surface area contributed by atoms with Crippen LogP contribution in [0.2, 0.25) is 0 Å². The average Bonchev–Trinajstić information content (AvgIpc) is 2.66. The van der Waals surface area contributed by atoms with E-state index in [1.54, 1.807) is 0 Å². The molecule has 0 amide bonds. The molecule has 0 saturated heterocycles. The van der Waals surface area contributed by atoms with Gasteiger partial charge in [0, 0.05) is 8.96 Å². The molecule has 0 aliphatic carbocycles. The lowest BCUT2D eigenvalue weighted by atomic mass is 9.90. The highest BCUT2D eigenvalue weighted by Crippen LogP contribution is 2.42. The SMILES string of the molecule is Ic1c2cccc3cccc(c4cc5cccc6cccc(c14)c65)c32. The third-order valence-corrected chi connectivity index (χ3v) is 6.55. The van der Waals surface area contributed by atoms with Crippen LogP contribution in [-0.4, -0.2) is 0 Å². The average molecular weight is 428 g/mol. The van der Waals surface area contributed by atoms with Gasteiger partial charge in [0.05, 0.1) is 0 Å². The highest BCUT2D eigenvalue weighted by atomic mass is 127. The van der Waals surface area contributed by atoms with E-state index in [9.17, 15) is 0 Å². The maximum atomic E-state index is 2.55. The van der Waals surface area contributed by atoms with Gasteiger partial charge in [-0.15, -0.1) is 0 Å². The van der Waals surface area contributed by atoms with E-state index in [-0.39, 0.29) is 0 Å². The molecule has 0 aliphatic heterocycles. The van der Waals surface area contributed by atoms with Crippen molar-refractivity contribution < 1.29 is 0 Å². The van der Waals surface area contributed by atoms with Crippen molar-refractivity contribution in [2.45, 2.75) is 0 Å². The molecule has 0 heterocycles. The van der Waals surface area contributed by atoms with Gasteiger partial charge in [0.1, 0.15) is 0 Å². The Balaban J connectivity index is 2.06. The first kappa shape index (κ1) is 13.9. The Hall–Kier alpha value is -2.39. The summed E-state index contributed by atoms with van der Waals surface area (Å²) in [7, 11) is 0. The Kier molecular flexibility index (Phi) is 2.67. The molecule has 0 nitrogen and oxygen atoms in total. The molecule has 0 atom stereocenters. The van der Waals surface area contributed by atoms with Gasteiger partial charge in [0.2, 0.25) is 0 Å². The number of fused-ring (bicyclic) bond motifs is 3. The van der Waals surface area contributed by atoms with Crippen LogP contribution in [0, 0.1) is 3.57 Å². The van der Waals surface area contributed by atoms with Gasteiger partial charge in [0.25, 0.3) is 0 Å². The lowest BCUT2D eigenvalue weighted by Gasteiger charge is -2.16. The van der Waals surface area contributed by atoms with Crippen LogP contribution in [0.15, 0.2) is 78.9 Å². The number of benzene rings is 6. The molecule has 0 fully saturated rings. The normalized spacial score (nSPS) is 12.2. The van der Waals surface area contributed by atoms with Crippen LogP contribution in [0.25, 0.3) is 53.9 Å². The molecular formula is C24H13I. The summed E-state index contributed by atoms with van der Waals surface area (Å²) in [5.74, 6) is 0.